The lowest BCUT2D eigenvalue weighted by Crippen LogP contribution is -1.86. The minimum Gasteiger partial charge on any atom is -0.338 e. The van der Waals surface area contributed by atoms with Crippen molar-refractivity contribution in [3.63, 3.8) is 0 Å². The van der Waals surface area contributed by atoms with Crippen LogP contribution in [0, 0.1) is 5.82 Å². The van der Waals surface area contributed by atoms with E-state index in [0.29, 0.717) is 26.9 Å². The second-order valence-electron chi connectivity index (χ2n) is 3.85. The number of para-hydroxylation sites is 1. The van der Waals surface area contributed by atoms with Gasteiger partial charge in [0, 0.05) is 5.02 Å². The molecule has 0 aliphatic carbocycles. The van der Waals surface area contributed by atoms with Gasteiger partial charge in [-0.2, -0.15) is 0 Å². The first-order valence-electron chi connectivity index (χ1n) is 5.25. The molecule has 5 heteroatoms. The molecule has 0 aliphatic heterocycles. The predicted octanol–water partition coefficient (Wildman–Crippen LogP) is 4.68. The van der Waals surface area contributed by atoms with Gasteiger partial charge in [0.2, 0.25) is 0 Å². The first kappa shape index (κ1) is 11.5. The van der Waals surface area contributed by atoms with E-state index in [9.17, 15) is 4.39 Å². The molecular weight excluding hydrogens is 274 g/mol. The van der Waals surface area contributed by atoms with E-state index in [4.69, 9.17) is 23.2 Å². The van der Waals surface area contributed by atoms with Gasteiger partial charge in [0.1, 0.15) is 17.2 Å². The predicted molar refractivity (Wildman–Crippen MR) is 71.5 cm³/mol. The average molecular weight is 281 g/mol. The molecule has 0 spiro atoms. The van der Waals surface area contributed by atoms with Gasteiger partial charge in [0.05, 0.1) is 16.1 Å². The zero-order valence-electron chi connectivity index (χ0n) is 9.05. The highest BCUT2D eigenvalue weighted by atomic mass is 35.5. The molecule has 0 amide bonds. The van der Waals surface area contributed by atoms with Gasteiger partial charge in [-0.3, -0.25) is 0 Å². The number of nitrogens with zero attached hydrogens (tertiary/aromatic N) is 1. The molecule has 1 aromatic heterocycles. The molecule has 2 nitrogen and oxygen atoms in total. The van der Waals surface area contributed by atoms with Gasteiger partial charge >= 0.3 is 0 Å². The van der Waals surface area contributed by atoms with E-state index in [1.807, 2.05) is 6.07 Å². The molecule has 0 bridgehead atoms. The zero-order chi connectivity index (χ0) is 12.7. The number of imidazole rings is 1. The number of rotatable bonds is 1. The van der Waals surface area contributed by atoms with Crippen LogP contribution in [0.5, 0.6) is 0 Å². The lowest BCUT2D eigenvalue weighted by atomic mass is 10.2. The highest BCUT2D eigenvalue weighted by molar-refractivity contribution is 6.35. The number of aromatic nitrogens is 2. The van der Waals surface area contributed by atoms with E-state index < -0.39 is 0 Å². The van der Waals surface area contributed by atoms with Crippen molar-refractivity contribution < 1.29 is 4.39 Å². The summed E-state index contributed by atoms with van der Waals surface area (Å²) in [5, 5.41) is 0.982. The molecule has 0 radical (unpaired) electrons. The molecule has 0 fully saturated rings. The average Bonchev–Trinajstić information content (AvgIpc) is 2.77. The molecule has 0 atom stereocenters. The smallest absolute Gasteiger partial charge is 0.141 e. The van der Waals surface area contributed by atoms with Gasteiger partial charge in [0.25, 0.3) is 0 Å². The summed E-state index contributed by atoms with van der Waals surface area (Å²) in [5.74, 6) is 0.0349. The van der Waals surface area contributed by atoms with E-state index in [0.717, 1.165) is 5.52 Å². The molecule has 0 saturated heterocycles. The third-order valence-electron chi connectivity index (χ3n) is 2.65. The first-order chi connectivity index (χ1) is 8.65. The van der Waals surface area contributed by atoms with Crippen LogP contribution in [-0.2, 0) is 0 Å². The monoisotopic (exact) mass is 280 g/mol. The van der Waals surface area contributed by atoms with Crippen molar-refractivity contribution in [3.05, 3.63) is 52.3 Å². The van der Waals surface area contributed by atoms with Crippen LogP contribution >= 0.6 is 23.2 Å². The van der Waals surface area contributed by atoms with Gasteiger partial charge in [-0.15, -0.1) is 0 Å². The van der Waals surface area contributed by atoms with Gasteiger partial charge in [0.15, 0.2) is 0 Å². The zero-order valence-corrected chi connectivity index (χ0v) is 10.6. The summed E-state index contributed by atoms with van der Waals surface area (Å²) in [6.07, 6.45) is 0. The summed E-state index contributed by atoms with van der Waals surface area (Å²) >= 11 is 11.9. The minimum atomic E-state index is -0.380. The molecule has 1 heterocycles. The van der Waals surface area contributed by atoms with E-state index in [1.54, 1.807) is 12.1 Å². The molecule has 0 unspecified atom stereocenters. The summed E-state index contributed by atoms with van der Waals surface area (Å²) < 4.78 is 13.7. The van der Waals surface area contributed by atoms with Crippen LogP contribution in [0.15, 0.2) is 36.4 Å². The number of hydrogen-bond acceptors (Lipinski definition) is 1. The van der Waals surface area contributed by atoms with E-state index in [-0.39, 0.29) is 5.82 Å². The van der Waals surface area contributed by atoms with Crippen LogP contribution in [0.25, 0.3) is 22.4 Å². The number of hydrogen-bond donors (Lipinski definition) is 1. The fourth-order valence-electron chi connectivity index (χ4n) is 1.80. The number of nitrogens with one attached hydrogen (secondary N) is 1. The molecule has 18 heavy (non-hydrogen) atoms. The molecule has 3 rings (SSSR count). The third kappa shape index (κ3) is 1.85. The van der Waals surface area contributed by atoms with Crippen LogP contribution < -0.4 is 0 Å². The van der Waals surface area contributed by atoms with Gasteiger partial charge in [-0.05, 0) is 30.3 Å². The Morgan fingerprint density at radius 1 is 1.11 bits per heavy atom. The normalized spacial score (nSPS) is 11.1. The maximum atomic E-state index is 13.7. The standard InChI is InChI=1S/C13H7Cl2FN2/c14-7-4-5-10(16)8(6-7)13-17-11-3-1-2-9(15)12(11)18-13/h1-6H,(H,17,18). The fourth-order valence-corrected chi connectivity index (χ4v) is 2.19. The van der Waals surface area contributed by atoms with E-state index in [1.165, 1.54) is 18.2 Å². The molecular formula is C13H7Cl2FN2. The Morgan fingerprint density at radius 3 is 2.72 bits per heavy atom. The van der Waals surface area contributed by atoms with Crippen LogP contribution in [0.2, 0.25) is 10.0 Å². The van der Waals surface area contributed by atoms with E-state index >= 15 is 0 Å². The number of fused-ring (bicyclic) bond motifs is 1. The third-order valence-corrected chi connectivity index (χ3v) is 3.19. The Morgan fingerprint density at radius 2 is 1.94 bits per heavy atom. The maximum absolute atomic E-state index is 13.7. The second kappa shape index (κ2) is 4.26. The number of H-pyrrole nitrogens is 1. The lowest BCUT2D eigenvalue weighted by molar-refractivity contribution is 0.630. The summed E-state index contributed by atoms with van der Waals surface area (Å²) in [6, 6.07) is 9.72. The van der Waals surface area contributed by atoms with Crippen molar-refractivity contribution in [2.24, 2.45) is 0 Å². The van der Waals surface area contributed by atoms with Crippen molar-refractivity contribution in [1.82, 2.24) is 9.97 Å². The van der Waals surface area contributed by atoms with Crippen molar-refractivity contribution in [2.75, 3.05) is 0 Å². The number of benzene rings is 2. The quantitative estimate of drug-likeness (QED) is 0.689. The lowest BCUT2D eigenvalue weighted by Gasteiger charge is -1.99. The largest absolute Gasteiger partial charge is 0.338 e. The SMILES string of the molecule is Fc1ccc(Cl)cc1-c1nc2c(Cl)cccc2[nH]1. The summed E-state index contributed by atoms with van der Waals surface area (Å²) in [4.78, 5) is 7.32. The highest BCUT2D eigenvalue weighted by Crippen LogP contribution is 2.28. The Balaban J connectivity index is 2.26. The van der Waals surface area contributed by atoms with Crippen LogP contribution in [-0.4, -0.2) is 9.97 Å². The maximum Gasteiger partial charge on any atom is 0.141 e. The highest BCUT2D eigenvalue weighted by Gasteiger charge is 2.12. The molecule has 0 saturated carbocycles. The first-order valence-corrected chi connectivity index (χ1v) is 6.00. The fraction of sp³-hybridized carbons (Fsp3) is 0. The van der Waals surface area contributed by atoms with Crippen LogP contribution in [0.3, 0.4) is 0 Å². The van der Waals surface area contributed by atoms with Crippen molar-refractivity contribution >= 4 is 34.2 Å². The van der Waals surface area contributed by atoms with Crippen molar-refractivity contribution in [3.8, 4) is 11.4 Å². The van der Waals surface area contributed by atoms with Crippen LogP contribution in [0.4, 0.5) is 4.39 Å². The number of aromatic amines is 1. The van der Waals surface area contributed by atoms with Crippen LogP contribution in [0.1, 0.15) is 0 Å². The van der Waals surface area contributed by atoms with Gasteiger partial charge in [-0.25, -0.2) is 9.37 Å². The van der Waals surface area contributed by atoms with Gasteiger partial charge < -0.3 is 4.98 Å². The minimum absolute atomic E-state index is 0.328. The molecule has 0 aliphatic rings. The Hall–Kier alpha value is -1.58. The van der Waals surface area contributed by atoms with Gasteiger partial charge in [-0.1, -0.05) is 29.3 Å². The Labute approximate surface area is 112 Å². The molecule has 2 aromatic carbocycles. The Kier molecular flexibility index (Phi) is 2.73. The molecule has 90 valence electrons. The molecule has 1 N–H and O–H groups in total. The summed E-state index contributed by atoms with van der Waals surface area (Å²) in [5.41, 5.74) is 1.71. The molecule has 3 aromatic rings. The second-order valence-corrected chi connectivity index (χ2v) is 4.69. The summed E-state index contributed by atoms with van der Waals surface area (Å²) in [7, 11) is 0. The summed E-state index contributed by atoms with van der Waals surface area (Å²) in [6.45, 7) is 0. The number of halogens is 3. The van der Waals surface area contributed by atoms with E-state index in [2.05, 4.69) is 9.97 Å². The Bertz CT molecular complexity index is 737. The topological polar surface area (TPSA) is 28.7 Å². The van der Waals surface area contributed by atoms with Crippen molar-refractivity contribution in [1.29, 1.82) is 0 Å². The van der Waals surface area contributed by atoms with Crippen molar-refractivity contribution in [2.45, 2.75) is 0 Å².